The number of thiophene rings is 1. The van der Waals surface area contributed by atoms with Crippen molar-refractivity contribution >= 4 is 27.4 Å². The molecular weight excluding hydrogens is 396 g/mol. The van der Waals surface area contributed by atoms with E-state index in [1.54, 1.807) is 38.0 Å². The summed E-state index contributed by atoms with van der Waals surface area (Å²) >= 11 is 1.64. The Bertz CT molecular complexity index is 1080. The zero-order chi connectivity index (χ0) is 20.8. The topological polar surface area (TPSA) is 60.4 Å². The molecule has 30 heavy (non-hydrogen) atoms. The summed E-state index contributed by atoms with van der Waals surface area (Å²) in [4.78, 5) is 17.3. The third-order valence-electron chi connectivity index (χ3n) is 4.85. The van der Waals surface area contributed by atoms with Gasteiger partial charge in [0.15, 0.2) is 5.82 Å². The minimum Gasteiger partial charge on any atom is -0.383 e. The van der Waals surface area contributed by atoms with Crippen LogP contribution in [0.4, 0.5) is 5.82 Å². The van der Waals surface area contributed by atoms with Crippen LogP contribution in [0, 0.1) is 0 Å². The second kappa shape index (κ2) is 9.75. The average Bonchev–Trinajstić information content (AvgIpc) is 3.24. The highest BCUT2D eigenvalue weighted by Crippen LogP contribution is 2.39. The number of nitrogens with zero attached hydrogens (tertiary/aromatic N) is 4. The molecule has 0 atom stereocenters. The Labute approximate surface area is 180 Å². The van der Waals surface area contributed by atoms with Gasteiger partial charge in [0.2, 0.25) is 0 Å². The van der Waals surface area contributed by atoms with Crippen LogP contribution >= 0.6 is 11.3 Å². The van der Waals surface area contributed by atoms with E-state index in [9.17, 15) is 0 Å². The Kier molecular flexibility index (Phi) is 6.63. The van der Waals surface area contributed by atoms with Crippen LogP contribution in [0.2, 0.25) is 0 Å². The van der Waals surface area contributed by atoms with Crippen molar-refractivity contribution in [3.8, 4) is 22.5 Å². The number of rotatable bonds is 9. The van der Waals surface area contributed by atoms with Gasteiger partial charge in [-0.05, 0) is 17.7 Å². The number of anilines is 1. The Balaban J connectivity index is 1.91. The summed E-state index contributed by atoms with van der Waals surface area (Å²) in [5.41, 5.74) is 3.19. The maximum Gasteiger partial charge on any atom is 0.164 e. The van der Waals surface area contributed by atoms with Gasteiger partial charge in [-0.3, -0.25) is 4.98 Å². The van der Waals surface area contributed by atoms with Gasteiger partial charge in [-0.2, -0.15) is 0 Å². The monoisotopic (exact) mass is 420 g/mol. The molecule has 0 saturated carbocycles. The van der Waals surface area contributed by atoms with Crippen LogP contribution in [-0.4, -0.2) is 55.5 Å². The summed E-state index contributed by atoms with van der Waals surface area (Å²) in [7, 11) is 3.43. The molecule has 0 fully saturated rings. The zero-order valence-electron chi connectivity index (χ0n) is 17.1. The Hall–Kier alpha value is -2.87. The molecule has 0 radical (unpaired) electrons. The van der Waals surface area contributed by atoms with Crippen LogP contribution in [0.5, 0.6) is 0 Å². The molecular formula is C23H24N4O2S. The van der Waals surface area contributed by atoms with Crippen molar-refractivity contribution in [3.05, 3.63) is 60.2 Å². The number of pyridine rings is 1. The number of hydrogen-bond donors (Lipinski definition) is 0. The lowest BCUT2D eigenvalue weighted by molar-refractivity contribution is 0.190. The maximum atomic E-state index is 5.36. The fraction of sp³-hybridized carbons (Fsp3) is 0.261. The first-order valence-electron chi connectivity index (χ1n) is 9.79. The van der Waals surface area contributed by atoms with Crippen molar-refractivity contribution in [2.24, 2.45) is 0 Å². The largest absolute Gasteiger partial charge is 0.383 e. The first kappa shape index (κ1) is 20.4. The van der Waals surface area contributed by atoms with E-state index in [2.05, 4.69) is 39.5 Å². The molecule has 0 spiro atoms. The summed E-state index contributed by atoms with van der Waals surface area (Å²) in [5, 5.41) is 3.22. The van der Waals surface area contributed by atoms with Crippen molar-refractivity contribution in [3.63, 3.8) is 0 Å². The van der Waals surface area contributed by atoms with Gasteiger partial charge in [0.25, 0.3) is 0 Å². The van der Waals surface area contributed by atoms with Crippen LogP contribution in [0.25, 0.3) is 32.7 Å². The van der Waals surface area contributed by atoms with Gasteiger partial charge in [-0.15, -0.1) is 11.3 Å². The molecule has 0 aliphatic carbocycles. The highest BCUT2D eigenvalue weighted by molar-refractivity contribution is 7.17. The SMILES string of the molecule is COCCN(CCOC)c1nc(-c2cccnc2)nc2scc(-c3ccccc3)c12. The molecule has 1 aromatic carbocycles. The van der Waals surface area contributed by atoms with E-state index in [1.807, 2.05) is 18.2 Å². The van der Waals surface area contributed by atoms with Crippen LogP contribution in [0.1, 0.15) is 0 Å². The second-order valence-electron chi connectivity index (χ2n) is 6.78. The maximum absolute atomic E-state index is 5.36. The smallest absolute Gasteiger partial charge is 0.164 e. The van der Waals surface area contributed by atoms with Gasteiger partial charge in [-0.25, -0.2) is 9.97 Å². The molecule has 0 bridgehead atoms. The number of ether oxygens (including phenoxy) is 2. The molecule has 0 aliphatic rings. The predicted octanol–water partition coefficient (Wildman–Crippen LogP) is 4.52. The number of methoxy groups -OCH3 is 2. The summed E-state index contributed by atoms with van der Waals surface area (Å²) < 4.78 is 10.7. The van der Waals surface area contributed by atoms with Crippen LogP contribution in [0.15, 0.2) is 60.2 Å². The van der Waals surface area contributed by atoms with Crippen molar-refractivity contribution in [1.29, 1.82) is 0 Å². The predicted molar refractivity (Wildman–Crippen MR) is 122 cm³/mol. The molecule has 0 unspecified atom stereocenters. The number of aromatic nitrogens is 3. The van der Waals surface area contributed by atoms with Crippen LogP contribution in [-0.2, 0) is 9.47 Å². The normalized spacial score (nSPS) is 11.1. The second-order valence-corrected chi connectivity index (χ2v) is 7.64. The van der Waals surface area contributed by atoms with Gasteiger partial charge >= 0.3 is 0 Å². The number of hydrogen-bond acceptors (Lipinski definition) is 7. The Morgan fingerprint density at radius 3 is 2.30 bits per heavy atom. The number of benzene rings is 1. The third-order valence-corrected chi connectivity index (χ3v) is 5.72. The molecule has 3 heterocycles. The van der Waals surface area contributed by atoms with Gasteiger partial charge in [0, 0.05) is 56.2 Å². The quantitative estimate of drug-likeness (QED) is 0.397. The summed E-state index contributed by atoms with van der Waals surface area (Å²) in [6, 6.07) is 14.3. The van der Waals surface area contributed by atoms with E-state index in [-0.39, 0.29) is 0 Å². The van der Waals surface area contributed by atoms with Crippen LogP contribution in [0.3, 0.4) is 0 Å². The average molecular weight is 421 g/mol. The Morgan fingerprint density at radius 1 is 0.900 bits per heavy atom. The minimum absolute atomic E-state index is 0.599. The fourth-order valence-electron chi connectivity index (χ4n) is 3.33. The summed E-state index contributed by atoms with van der Waals surface area (Å²) in [6.45, 7) is 2.62. The van der Waals surface area contributed by atoms with Crippen molar-refractivity contribution < 1.29 is 9.47 Å². The molecule has 0 amide bonds. The van der Waals surface area contributed by atoms with E-state index in [0.717, 1.165) is 32.7 Å². The van der Waals surface area contributed by atoms with Gasteiger partial charge in [0.05, 0.1) is 18.6 Å². The first-order valence-corrected chi connectivity index (χ1v) is 10.7. The highest BCUT2D eigenvalue weighted by Gasteiger charge is 2.20. The molecule has 154 valence electrons. The number of fused-ring (bicyclic) bond motifs is 1. The standard InChI is InChI=1S/C23H24N4O2S/c1-28-13-11-27(12-14-29-2)22-20-19(17-7-4-3-5-8-17)16-30-23(20)26-21(25-22)18-9-6-10-24-15-18/h3-10,15-16H,11-14H2,1-2H3. The molecule has 0 saturated heterocycles. The van der Waals surface area contributed by atoms with E-state index in [1.165, 1.54) is 0 Å². The lowest BCUT2D eigenvalue weighted by Gasteiger charge is -2.25. The van der Waals surface area contributed by atoms with E-state index in [4.69, 9.17) is 19.4 Å². The van der Waals surface area contributed by atoms with Gasteiger partial charge < -0.3 is 14.4 Å². The summed E-state index contributed by atoms with van der Waals surface area (Å²) in [5.74, 6) is 1.57. The lowest BCUT2D eigenvalue weighted by atomic mass is 10.1. The summed E-state index contributed by atoms with van der Waals surface area (Å²) in [6.07, 6.45) is 3.55. The minimum atomic E-state index is 0.599. The fourth-order valence-corrected chi connectivity index (χ4v) is 4.27. The van der Waals surface area contributed by atoms with E-state index < -0.39 is 0 Å². The lowest BCUT2D eigenvalue weighted by Crippen LogP contribution is -2.31. The first-order chi connectivity index (χ1) is 14.8. The van der Waals surface area contributed by atoms with E-state index in [0.29, 0.717) is 32.1 Å². The van der Waals surface area contributed by atoms with Crippen molar-refractivity contribution in [1.82, 2.24) is 15.0 Å². The Morgan fingerprint density at radius 2 is 1.63 bits per heavy atom. The molecule has 4 aromatic rings. The third kappa shape index (κ3) is 4.33. The molecule has 4 rings (SSSR count). The van der Waals surface area contributed by atoms with E-state index >= 15 is 0 Å². The van der Waals surface area contributed by atoms with Gasteiger partial charge in [0.1, 0.15) is 10.6 Å². The van der Waals surface area contributed by atoms with Crippen molar-refractivity contribution in [2.45, 2.75) is 0 Å². The van der Waals surface area contributed by atoms with Crippen molar-refractivity contribution in [2.75, 3.05) is 45.4 Å². The molecule has 0 aliphatic heterocycles. The van der Waals surface area contributed by atoms with Gasteiger partial charge in [-0.1, -0.05) is 30.3 Å². The highest BCUT2D eigenvalue weighted by atomic mass is 32.1. The molecule has 0 N–H and O–H groups in total. The molecule has 6 nitrogen and oxygen atoms in total. The zero-order valence-corrected chi connectivity index (χ0v) is 17.9. The van der Waals surface area contributed by atoms with Crippen LogP contribution < -0.4 is 4.90 Å². The molecule has 7 heteroatoms. The molecule has 3 aromatic heterocycles.